The fraction of sp³-hybridized carbons (Fsp3) is 0.200. The van der Waals surface area contributed by atoms with Gasteiger partial charge in [0.2, 0.25) is 15.7 Å². The third kappa shape index (κ3) is 2.40. The second-order valence-corrected chi connectivity index (χ2v) is 4.12. The maximum atomic E-state index is 12.4. The van der Waals surface area contributed by atoms with Gasteiger partial charge in [0.15, 0.2) is 5.82 Å². The third-order valence-electron chi connectivity index (χ3n) is 0.917. The zero-order valence-corrected chi connectivity index (χ0v) is 7.63. The zero-order valence-electron chi connectivity index (χ0n) is 5.36. The molecule has 0 atom stereocenters. The standard InChI is InChI=1S/C5HCl3F2N2/c6-5(7,8)4-11-2(9)1-3(10)12-4/h1H. The third-order valence-corrected chi connectivity index (χ3v) is 1.42. The molecule has 0 aliphatic carbocycles. The van der Waals surface area contributed by atoms with E-state index in [1.54, 1.807) is 0 Å². The molecule has 0 bridgehead atoms. The summed E-state index contributed by atoms with van der Waals surface area (Å²) in [5.41, 5.74) is 0. The average Bonchev–Trinajstić information content (AvgIpc) is 1.82. The molecule has 0 aromatic carbocycles. The average molecular weight is 233 g/mol. The van der Waals surface area contributed by atoms with Crippen LogP contribution in [0.15, 0.2) is 6.07 Å². The molecule has 7 heteroatoms. The summed E-state index contributed by atoms with van der Waals surface area (Å²) in [4.78, 5) is 6.18. The van der Waals surface area contributed by atoms with Crippen molar-refractivity contribution in [3.63, 3.8) is 0 Å². The summed E-state index contributed by atoms with van der Waals surface area (Å²) in [5.74, 6) is -2.68. The summed E-state index contributed by atoms with van der Waals surface area (Å²) in [6, 6.07) is 0.486. The van der Waals surface area contributed by atoms with Crippen LogP contribution in [0.4, 0.5) is 8.78 Å². The van der Waals surface area contributed by atoms with Crippen LogP contribution >= 0.6 is 34.8 Å². The van der Waals surface area contributed by atoms with Crippen molar-refractivity contribution in [1.29, 1.82) is 0 Å². The SMILES string of the molecule is Fc1cc(F)nc(C(Cl)(Cl)Cl)n1. The molecule has 0 radical (unpaired) electrons. The normalized spacial score (nSPS) is 11.8. The van der Waals surface area contributed by atoms with E-state index in [0.717, 1.165) is 0 Å². The first kappa shape index (κ1) is 9.89. The molecule has 1 aromatic heterocycles. The van der Waals surface area contributed by atoms with E-state index in [4.69, 9.17) is 34.8 Å². The fourth-order valence-electron chi connectivity index (χ4n) is 0.517. The second-order valence-electron chi connectivity index (χ2n) is 1.83. The van der Waals surface area contributed by atoms with Crippen LogP contribution in [0.2, 0.25) is 0 Å². The summed E-state index contributed by atoms with van der Waals surface area (Å²) in [6.45, 7) is 0. The lowest BCUT2D eigenvalue weighted by molar-refractivity contribution is 0.514. The maximum absolute atomic E-state index is 12.4. The predicted octanol–water partition coefficient (Wildman–Crippen LogP) is 2.58. The number of rotatable bonds is 0. The zero-order chi connectivity index (χ0) is 9.35. The molecule has 0 amide bonds. The summed E-state index contributed by atoms with van der Waals surface area (Å²) >= 11 is 15.8. The Labute approximate surface area is 81.5 Å². The van der Waals surface area contributed by atoms with Gasteiger partial charge in [-0.2, -0.15) is 18.7 Å². The number of aromatic nitrogens is 2. The van der Waals surface area contributed by atoms with Crippen molar-refractivity contribution in [3.8, 4) is 0 Å². The molecular formula is C5HCl3F2N2. The quantitative estimate of drug-likeness (QED) is 0.508. The molecule has 0 unspecified atom stereocenters. The minimum atomic E-state index is -2.01. The summed E-state index contributed by atoms with van der Waals surface area (Å²) in [5, 5.41) is 0. The summed E-state index contributed by atoms with van der Waals surface area (Å²) in [7, 11) is 0. The van der Waals surface area contributed by atoms with Crippen LogP contribution in [0.3, 0.4) is 0 Å². The van der Waals surface area contributed by atoms with Crippen molar-refractivity contribution in [2.45, 2.75) is 3.79 Å². The van der Waals surface area contributed by atoms with Gasteiger partial charge in [-0.25, -0.2) is 0 Å². The Kier molecular flexibility index (Phi) is 2.70. The number of halogens is 5. The van der Waals surface area contributed by atoms with Crippen molar-refractivity contribution in [3.05, 3.63) is 23.8 Å². The second kappa shape index (κ2) is 3.28. The molecule has 2 nitrogen and oxygen atoms in total. The first-order valence-electron chi connectivity index (χ1n) is 2.67. The van der Waals surface area contributed by atoms with E-state index in [2.05, 4.69) is 9.97 Å². The molecule has 66 valence electrons. The summed E-state index contributed by atoms with van der Waals surface area (Å²) < 4.78 is 22.8. The largest absolute Gasteiger partial charge is 0.250 e. The van der Waals surface area contributed by atoms with Gasteiger partial charge in [0.05, 0.1) is 0 Å². The molecule has 0 spiro atoms. The number of hydrogen-bond donors (Lipinski definition) is 0. The van der Waals surface area contributed by atoms with Crippen LogP contribution in [0.25, 0.3) is 0 Å². The lowest BCUT2D eigenvalue weighted by Gasteiger charge is -2.07. The predicted molar refractivity (Wildman–Crippen MR) is 41.2 cm³/mol. The molecule has 12 heavy (non-hydrogen) atoms. The van der Waals surface area contributed by atoms with Gasteiger partial charge >= 0.3 is 0 Å². The molecule has 0 fully saturated rings. The monoisotopic (exact) mass is 232 g/mol. The Balaban J connectivity index is 3.18. The lowest BCUT2D eigenvalue weighted by atomic mass is 10.6. The molecule has 0 aliphatic heterocycles. The van der Waals surface area contributed by atoms with Gasteiger partial charge in [-0.15, -0.1) is 0 Å². The highest BCUT2D eigenvalue weighted by molar-refractivity contribution is 6.66. The van der Waals surface area contributed by atoms with Gasteiger partial charge in [-0.05, 0) is 0 Å². The van der Waals surface area contributed by atoms with Crippen molar-refractivity contribution in [2.75, 3.05) is 0 Å². The van der Waals surface area contributed by atoms with Crippen LogP contribution in [-0.4, -0.2) is 9.97 Å². The molecular weight excluding hydrogens is 232 g/mol. The first-order chi connectivity index (χ1) is 5.39. The Morgan fingerprint density at radius 2 is 1.50 bits per heavy atom. The van der Waals surface area contributed by atoms with E-state index >= 15 is 0 Å². The summed E-state index contributed by atoms with van der Waals surface area (Å²) in [6.07, 6.45) is 0. The fourth-order valence-corrected chi connectivity index (χ4v) is 0.770. The van der Waals surface area contributed by atoms with Crippen molar-refractivity contribution in [2.24, 2.45) is 0 Å². The van der Waals surface area contributed by atoms with Crippen LogP contribution in [-0.2, 0) is 3.79 Å². The Hall–Kier alpha value is -0.190. The maximum Gasteiger partial charge on any atom is 0.250 e. The minimum Gasteiger partial charge on any atom is -0.200 e. The van der Waals surface area contributed by atoms with Crippen molar-refractivity contribution >= 4 is 34.8 Å². The van der Waals surface area contributed by atoms with Crippen LogP contribution in [0.1, 0.15) is 5.82 Å². The molecule has 0 N–H and O–H groups in total. The van der Waals surface area contributed by atoms with Crippen molar-refractivity contribution < 1.29 is 8.78 Å². The molecule has 0 aliphatic rings. The van der Waals surface area contributed by atoms with Gasteiger partial charge in [0, 0.05) is 6.07 Å². The highest BCUT2D eigenvalue weighted by atomic mass is 35.6. The Bertz CT molecular complexity index is 279. The smallest absolute Gasteiger partial charge is 0.200 e. The van der Waals surface area contributed by atoms with Crippen molar-refractivity contribution in [1.82, 2.24) is 9.97 Å². The minimum absolute atomic E-state index is 0.486. The van der Waals surface area contributed by atoms with Gasteiger partial charge in [0.25, 0.3) is 0 Å². The Morgan fingerprint density at radius 1 is 1.08 bits per heavy atom. The van der Waals surface area contributed by atoms with E-state index in [0.29, 0.717) is 6.07 Å². The van der Waals surface area contributed by atoms with Crippen LogP contribution in [0.5, 0.6) is 0 Å². The molecule has 1 heterocycles. The lowest BCUT2D eigenvalue weighted by Crippen LogP contribution is -2.09. The highest BCUT2D eigenvalue weighted by Crippen LogP contribution is 2.35. The topological polar surface area (TPSA) is 25.8 Å². The van der Waals surface area contributed by atoms with Gasteiger partial charge in [-0.1, -0.05) is 34.8 Å². The highest BCUT2D eigenvalue weighted by Gasteiger charge is 2.27. The number of nitrogens with zero attached hydrogens (tertiary/aromatic N) is 2. The van der Waals surface area contributed by atoms with E-state index < -0.39 is 21.5 Å². The van der Waals surface area contributed by atoms with Gasteiger partial charge < -0.3 is 0 Å². The molecule has 0 saturated carbocycles. The van der Waals surface area contributed by atoms with E-state index in [-0.39, 0.29) is 0 Å². The number of alkyl halides is 3. The van der Waals surface area contributed by atoms with Crippen LogP contribution < -0.4 is 0 Å². The molecule has 1 rings (SSSR count). The van der Waals surface area contributed by atoms with E-state index in [1.165, 1.54) is 0 Å². The molecule has 0 saturated heterocycles. The van der Waals surface area contributed by atoms with Gasteiger partial charge in [-0.3, -0.25) is 0 Å². The van der Waals surface area contributed by atoms with E-state index in [1.807, 2.05) is 0 Å². The number of hydrogen-bond acceptors (Lipinski definition) is 2. The van der Waals surface area contributed by atoms with E-state index in [9.17, 15) is 8.78 Å². The molecule has 1 aromatic rings. The first-order valence-corrected chi connectivity index (χ1v) is 3.80. The van der Waals surface area contributed by atoms with Crippen LogP contribution in [0, 0.1) is 11.9 Å². The Morgan fingerprint density at radius 3 is 1.83 bits per heavy atom. The van der Waals surface area contributed by atoms with Gasteiger partial charge in [0.1, 0.15) is 0 Å².